The molecule has 0 saturated heterocycles. The molecule has 144 valence electrons. The number of benzene rings is 2. The summed E-state index contributed by atoms with van der Waals surface area (Å²) in [6.45, 7) is 4.33. The second kappa shape index (κ2) is 9.27. The molecule has 0 saturated carbocycles. The summed E-state index contributed by atoms with van der Waals surface area (Å²) in [5.41, 5.74) is 6.07. The standard InChI is InChI=1S/C24H26N2O2/c1-3-5-7-21-16-25-22(18-10-8-17(6-4-2)9-11-18)23(26-21)19-12-14-20(15-13-19)24(27)28/h8-16H,3-7H2,1-2H3,(H,27,28). The van der Waals surface area contributed by atoms with Crippen molar-refractivity contribution in [3.8, 4) is 22.5 Å². The smallest absolute Gasteiger partial charge is 0.335 e. The lowest BCUT2D eigenvalue weighted by Gasteiger charge is -2.11. The minimum absolute atomic E-state index is 0.268. The van der Waals surface area contributed by atoms with E-state index >= 15 is 0 Å². The van der Waals surface area contributed by atoms with Crippen molar-refractivity contribution < 1.29 is 9.90 Å². The molecule has 0 radical (unpaired) electrons. The summed E-state index contributed by atoms with van der Waals surface area (Å²) >= 11 is 0. The van der Waals surface area contributed by atoms with Gasteiger partial charge in [-0.15, -0.1) is 0 Å². The highest BCUT2D eigenvalue weighted by molar-refractivity contribution is 5.88. The summed E-state index contributed by atoms with van der Waals surface area (Å²) in [6.07, 6.45) is 7.10. The number of aromatic carboxylic acids is 1. The van der Waals surface area contributed by atoms with Crippen molar-refractivity contribution in [3.63, 3.8) is 0 Å². The molecule has 0 spiro atoms. The molecule has 0 atom stereocenters. The zero-order valence-electron chi connectivity index (χ0n) is 16.5. The number of nitrogens with zero attached hydrogens (tertiary/aromatic N) is 2. The maximum absolute atomic E-state index is 11.2. The van der Waals surface area contributed by atoms with E-state index in [0.717, 1.165) is 60.3 Å². The molecule has 28 heavy (non-hydrogen) atoms. The first kappa shape index (κ1) is 19.7. The van der Waals surface area contributed by atoms with Gasteiger partial charge in [0.2, 0.25) is 0 Å². The highest BCUT2D eigenvalue weighted by Crippen LogP contribution is 2.30. The van der Waals surface area contributed by atoms with Crippen LogP contribution in [0.5, 0.6) is 0 Å². The van der Waals surface area contributed by atoms with E-state index in [2.05, 4.69) is 38.1 Å². The molecular weight excluding hydrogens is 348 g/mol. The number of aryl methyl sites for hydroxylation is 2. The van der Waals surface area contributed by atoms with E-state index in [4.69, 9.17) is 15.1 Å². The fourth-order valence-electron chi connectivity index (χ4n) is 3.21. The SMILES string of the molecule is CCCCc1cnc(-c2ccc(CCC)cc2)c(-c2ccc(C(=O)O)cc2)n1. The van der Waals surface area contributed by atoms with E-state index in [-0.39, 0.29) is 5.56 Å². The largest absolute Gasteiger partial charge is 0.478 e. The Balaban J connectivity index is 2.04. The van der Waals surface area contributed by atoms with Crippen molar-refractivity contribution >= 4 is 5.97 Å². The fourth-order valence-corrected chi connectivity index (χ4v) is 3.21. The second-order valence-electron chi connectivity index (χ2n) is 6.99. The number of carboxylic acid groups (broad SMARTS) is 1. The average Bonchev–Trinajstić information content (AvgIpc) is 2.73. The second-order valence-corrected chi connectivity index (χ2v) is 6.99. The van der Waals surface area contributed by atoms with E-state index in [1.54, 1.807) is 12.1 Å². The van der Waals surface area contributed by atoms with E-state index in [9.17, 15) is 4.79 Å². The maximum Gasteiger partial charge on any atom is 0.335 e. The molecule has 0 fully saturated rings. The van der Waals surface area contributed by atoms with Crippen LogP contribution < -0.4 is 0 Å². The maximum atomic E-state index is 11.2. The van der Waals surface area contributed by atoms with Crippen LogP contribution in [0.1, 0.15) is 54.7 Å². The first-order valence-electron chi connectivity index (χ1n) is 9.91. The number of rotatable bonds is 8. The molecule has 1 N–H and O–H groups in total. The Hall–Kier alpha value is -3.01. The number of unbranched alkanes of at least 4 members (excludes halogenated alkanes) is 1. The van der Waals surface area contributed by atoms with Gasteiger partial charge in [0.1, 0.15) is 0 Å². The quantitative estimate of drug-likeness (QED) is 0.541. The molecule has 0 aliphatic carbocycles. The summed E-state index contributed by atoms with van der Waals surface area (Å²) in [5, 5.41) is 9.16. The number of hydrogen-bond acceptors (Lipinski definition) is 3. The Morgan fingerprint density at radius 2 is 1.50 bits per heavy atom. The molecular formula is C24H26N2O2. The van der Waals surface area contributed by atoms with Gasteiger partial charge in [0.25, 0.3) is 0 Å². The van der Waals surface area contributed by atoms with Crippen LogP contribution in [-0.4, -0.2) is 21.0 Å². The van der Waals surface area contributed by atoms with Gasteiger partial charge < -0.3 is 5.11 Å². The molecule has 0 bridgehead atoms. The molecule has 0 aliphatic heterocycles. The van der Waals surface area contributed by atoms with Gasteiger partial charge in [-0.1, -0.05) is 63.1 Å². The summed E-state index contributed by atoms with van der Waals surface area (Å²) in [6, 6.07) is 15.3. The summed E-state index contributed by atoms with van der Waals surface area (Å²) in [7, 11) is 0. The third-order valence-electron chi connectivity index (χ3n) is 4.78. The van der Waals surface area contributed by atoms with Crippen molar-refractivity contribution in [2.45, 2.75) is 46.0 Å². The molecule has 4 heteroatoms. The number of hydrogen-bond donors (Lipinski definition) is 1. The number of carbonyl (C=O) groups is 1. The Labute approximate surface area is 166 Å². The molecule has 0 amide bonds. The van der Waals surface area contributed by atoms with Crippen LogP contribution in [-0.2, 0) is 12.8 Å². The lowest BCUT2D eigenvalue weighted by atomic mass is 10.0. The van der Waals surface area contributed by atoms with E-state index < -0.39 is 5.97 Å². The van der Waals surface area contributed by atoms with Crippen molar-refractivity contribution in [2.24, 2.45) is 0 Å². The topological polar surface area (TPSA) is 63.1 Å². The van der Waals surface area contributed by atoms with Gasteiger partial charge in [0, 0.05) is 17.3 Å². The zero-order chi connectivity index (χ0) is 19.9. The number of aromatic nitrogens is 2. The van der Waals surface area contributed by atoms with Crippen LogP contribution in [0, 0.1) is 0 Å². The molecule has 0 aliphatic rings. The van der Waals surface area contributed by atoms with E-state index in [0.29, 0.717) is 0 Å². The van der Waals surface area contributed by atoms with Gasteiger partial charge >= 0.3 is 5.97 Å². The Bertz CT molecular complexity index is 932. The Morgan fingerprint density at radius 1 is 0.857 bits per heavy atom. The highest BCUT2D eigenvalue weighted by atomic mass is 16.4. The van der Waals surface area contributed by atoms with E-state index in [1.807, 2.05) is 18.3 Å². The summed E-state index contributed by atoms with van der Waals surface area (Å²) in [4.78, 5) is 20.8. The van der Waals surface area contributed by atoms with Crippen LogP contribution in [0.3, 0.4) is 0 Å². The zero-order valence-corrected chi connectivity index (χ0v) is 16.5. The molecule has 4 nitrogen and oxygen atoms in total. The molecule has 3 aromatic rings. The number of carboxylic acids is 1. The van der Waals surface area contributed by atoms with Crippen LogP contribution in [0.4, 0.5) is 0 Å². The molecule has 1 heterocycles. The van der Waals surface area contributed by atoms with Gasteiger partial charge in [-0.3, -0.25) is 4.98 Å². The average molecular weight is 374 g/mol. The normalized spacial score (nSPS) is 10.8. The Morgan fingerprint density at radius 3 is 2.11 bits per heavy atom. The summed E-state index contributed by atoms with van der Waals surface area (Å²) in [5.74, 6) is -0.930. The van der Waals surface area contributed by atoms with Gasteiger partial charge in [-0.05, 0) is 37.0 Å². The highest BCUT2D eigenvalue weighted by Gasteiger charge is 2.13. The van der Waals surface area contributed by atoms with Crippen molar-refractivity contribution in [1.82, 2.24) is 9.97 Å². The van der Waals surface area contributed by atoms with Crippen molar-refractivity contribution in [1.29, 1.82) is 0 Å². The van der Waals surface area contributed by atoms with Crippen molar-refractivity contribution in [2.75, 3.05) is 0 Å². The van der Waals surface area contributed by atoms with Crippen LogP contribution in [0.25, 0.3) is 22.5 Å². The van der Waals surface area contributed by atoms with Gasteiger partial charge in [0.15, 0.2) is 0 Å². The predicted octanol–water partition coefficient (Wildman–Crippen LogP) is 5.80. The molecule has 3 rings (SSSR count). The minimum Gasteiger partial charge on any atom is -0.478 e. The van der Waals surface area contributed by atoms with Crippen LogP contribution >= 0.6 is 0 Å². The van der Waals surface area contributed by atoms with Gasteiger partial charge in [0.05, 0.1) is 22.6 Å². The first-order valence-corrected chi connectivity index (χ1v) is 9.91. The van der Waals surface area contributed by atoms with E-state index in [1.165, 1.54) is 5.56 Å². The lowest BCUT2D eigenvalue weighted by molar-refractivity contribution is 0.0697. The van der Waals surface area contributed by atoms with Crippen LogP contribution in [0.2, 0.25) is 0 Å². The third kappa shape index (κ3) is 4.63. The molecule has 0 unspecified atom stereocenters. The van der Waals surface area contributed by atoms with Crippen LogP contribution in [0.15, 0.2) is 54.7 Å². The van der Waals surface area contributed by atoms with Gasteiger partial charge in [-0.2, -0.15) is 0 Å². The fraction of sp³-hybridized carbons (Fsp3) is 0.292. The molecule has 1 aromatic heterocycles. The minimum atomic E-state index is -0.930. The molecule has 2 aromatic carbocycles. The predicted molar refractivity (Wildman–Crippen MR) is 112 cm³/mol. The lowest BCUT2D eigenvalue weighted by Crippen LogP contribution is -2.00. The first-order chi connectivity index (χ1) is 13.6. The van der Waals surface area contributed by atoms with Gasteiger partial charge in [-0.25, -0.2) is 9.78 Å². The summed E-state index contributed by atoms with van der Waals surface area (Å²) < 4.78 is 0. The van der Waals surface area contributed by atoms with Crippen molar-refractivity contribution in [3.05, 3.63) is 71.5 Å². The Kier molecular flexibility index (Phi) is 6.53. The monoisotopic (exact) mass is 374 g/mol. The third-order valence-corrected chi connectivity index (χ3v) is 4.78.